The number of hydrogen-bond acceptors (Lipinski definition) is 6. The number of carbonyl (C=O) groups is 3. The van der Waals surface area contributed by atoms with Gasteiger partial charge in [-0.3, -0.25) is 19.3 Å². The molecular weight excluding hydrogens is 556 g/mol. The van der Waals surface area contributed by atoms with Crippen molar-refractivity contribution in [2.75, 3.05) is 13.1 Å². The number of rotatable bonds is 13. The summed E-state index contributed by atoms with van der Waals surface area (Å²) in [7, 11) is 0. The summed E-state index contributed by atoms with van der Waals surface area (Å²) in [5.41, 5.74) is 15.8. The number of likely N-dealkylation sites (tertiary alicyclic amines) is 1. The predicted octanol–water partition coefficient (Wildman–Crippen LogP) is 2.15. The minimum Gasteiger partial charge on any atom is -0.508 e. The van der Waals surface area contributed by atoms with Crippen LogP contribution in [-0.4, -0.2) is 70.0 Å². The molecule has 5 rings (SSSR count). The monoisotopic (exact) mass is 596 g/mol. The normalized spacial score (nSPS) is 17.2. The van der Waals surface area contributed by atoms with Crippen LogP contribution in [-0.2, 0) is 33.6 Å². The Bertz CT molecular complexity index is 1570. The number of primary amides is 1. The van der Waals surface area contributed by atoms with Crippen LogP contribution in [0.5, 0.6) is 5.75 Å². The van der Waals surface area contributed by atoms with E-state index in [0.717, 1.165) is 40.6 Å². The minimum absolute atomic E-state index is 0.201. The van der Waals surface area contributed by atoms with E-state index in [1.54, 1.807) is 12.1 Å². The summed E-state index contributed by atoms with van der Waals surface area (Å²) < 4.78 is 0. The van der Waals surface area contributed by atoms with Gasteiger partial charge in [0, 0.05) is 42.5 Å². The van der Waals surface area contributed by atoms with E-state index in [4.69, 9.17) is 11.5 Å². The van der Waals surface area contributed by atoms with Gasteiger partial charge in [0.25, 0.3) is 0 Å². The number of para-hydroxylation sites is 1. The summed E-state index contributed by atoms with van der Waals surface area (Å²) in [6.45, 7) is 1.24. The fourth-order valence-corrected chi connectivity index (χ4v) is 5.98. The van der Waals surface area contributed by atoms with Gasteiger partial charge in [-0.1, -0.05) is 60.7 Å². The summed E-state index contributed by atoms with van der Waals surface area (Å²) in [5, 5.41) is 16.3. The molecule has 4 aromatic rings. The first-order valence-corrected chi connectivity index (χ1v) is 15.0. The third kappa shape index (κ3) is 7.83. The lowest BCUT2D eigenvalue weighted by Crippen LogP contribution is -2.57. The topological polar surface area (TPSA) is 167 Å². The van der Waals surface area contributed by atoms with Gasteiger partial charge in [-0.2, -0.15) is 0 Å². The standard InChI is InChI=1S/C34H40N6O4/c35-25(17-23-12-14-26(41)15-13-23)21-40-16-6-11-31(40)34(44)39-30(19-24-20-37-28-10-5-4-9-27(24)28)33(43)38-29(32(36)42)18-22-7-2-1-3-8-22/h1-5,7-10,12-15,20,25,29-31,37,41H,6,11,16-19,21,35H2,(H2,36,42)(H,38,43)(H,39,44)/t25-,29-,30-,31-/m0/s1. The number of H-pyrrole nitrogens is 1. The Balaban J connectivity index is 1.30. The highest BCUT2D eigenvalue weighted by atomic mass is 16.3. The summed E-state index contributed by atoms with van der Waals surface area (Å²) in [4.78, 5) is 45.2. The number of nitrogens with two attached hydrogens (primary N) is 2. The summed E-state index contributed by atoms with van der Waals surface area (Å²) >= 11 is 0. The second kappa shape index (κ2) is 14.2. The molecule has 0 bridgehead atoms. The Morgan fingerprint density at radius 3 is 2.34 bits per heavy atom. The van der Waals surface area contributed by atoms with E-state index in [1.807, 2.05) is 72.9 Å². The number of hydrogen-bond donors (Lipinski definition) is 6. The zero-order valence-corrected chi connectivity index (χ0v) is 24.6. The predicted molar refractivity (Wildman–Crippen MR) is 170 cm³/mol. The number of aromatic hydroxyl groups is 1. The van der Waals surface area contributed by atoms with Gasteiger partial charge in [0.1, 0.15) is 17.8 Å². The molecule has 0 saturated carbocycles. The molecule has 0 aliphatic carbocycles. The smallest absolute Gasteiger partial charge is 0.243 e. The SMILES string of the molecule is NC(=O)[C@H](Cc1ccccc1)NC(=O)[C@H](Cc1c[nH]c2ccccc12)NC(=O)[C@@H]1CCCN1C[C@@H](N)Cc1ccc(O)cc1. The van der Waals surface area contributed by atoms with Gasteiger partial charge >= 0.3 is 0 Å². The zero-order valence-electron chi connectivity index (χ0n) is 24.6. The number of nitrogens with zero attached hydrogens (tertiary/aromatic N) is 1. The van der Waals surface area contributed by atoms with Gasteiger partial charge in [0.2, 0.25) is 17.7 Å². The number of aromatic amines is 1. The van der Waals surface area contributed by atoms with Crippen molar-refractivity contribution in [1.82, 2.24) is 20.5 Å². The third-order valence-electron chi connectivity index (χ3n) is 8.24. The summed E-state index contributed by atoms with van der Waals surface area (Å²) in [5.74, 6) is -1.18. The van der Waals surface area contributed by atoms with E-state index in [0.29, 0.717) is 19.4 Å². The van der Waals surface area contributed by atoms with E-state index in [2.05, 4.69) is 20.5 Å². The van der Waals surface area contributed by atoms with Crippen LogP contribution < -0.4 is 22.1 Å². The van der Waals surface area contributed by atoms with Crippen LogP contribution in [0, 0.1) is 0 Å². The van der Waals surface area contributed by atoms with Gasteiger partial charge in [-0.25, -0.2) is 0 Å². The highest BCUT2D eigenvalue weighted by Gasteiger charge is 2.35. The van der Waals surface area contributed by atoms with Crippen LogP contribution in [0.15, 0.2) is 85.1 Å². The Kier molecular flexibility index (Phi) is 9.93. The van der Waals surface area contributed by atoms with E-state index < -0.39 is 29.9 Å². The quantitative estimate of drug-likeness (QED) is 0.138. The molecule has 1 aliphatic rings. The summed E-state index contributed by atoms with van der Waals surface area (Å²) in [6.07, 6.45) is 4.40. The molecule has 1 saturated heterocycles. The van der Waals surface area contributed by atoms with Crippen LogP contribution in [0.1, 0.15) is 29.5 Å². The van der Waals surface area contributed by atoms with Crippen molar-refractivity contribution in [3.8, 4) is 5.75 Å². The van der Waals surface area contributed by atoms with Gasteiger partial charge in [0.15, 0.2) is 0 Å². The van der Waals surface area contributed by atoms with Crippen molar-refractivity contribution in [1.29, 1.82) is 0 Å². The first-order chi connectivity index (χ1) is 21.3. The molecule has 1 aromatic heterocycles. The first kappa shape index (κ1) is 30.8. The maximum Gasteiger partial charge on any atom is 0.243 e. The second-order valence-corrected chi connectivity index (χ2v) is 11.6. The number of carbonyl (C=O) groups excluding carboxylic acids is 3. The number of phenolic OH excluding ortho intramolecular Hbond substituents is 1. The maximum absolute atomic E-state index is 13.8. The van der Waals surface area contributed by atoms with Gasteiger partial charge < -0.3 is 32.2 Å². The number of amides is 3. The molecule has 0 spiro atoms. The Morgan fingerprint density at radius 2 is 1.59 bits per heavy atom. The van der Waals surface area contributed by atoms with Crippen molar-refractivity contribution >= 4 is 28.6 Å². The molecule has 3 aromatic carbocycles. The lowest BCUT2D eigenvalue weighted by Gasteiger charge is -2.29. The molecule has 1 aliphatic heterocycles. The Hall–Kier alpha value is -4.67. The van der Waals surface area contributed by atoms with Gasteiger partial charge in [-0.15, -0.1) is 0 Å². The number of nitrogens with one attached hydrogen (secondary N) is 3. The molecule has 1 fully saturated rings. The Morgan fingerprint density at radius 1 is 0.886 bits per heavy atom. The van der Waals surface area contributed by atoms with E-state index >= 15 is 0 Å². The van der Waals surface area contributed by atoms with Gasteiger partial charge in [0.05, 0.1) is 6.04 Å². The van der Waals surface area contributed by atoms with Crippen molar-refractivity contribution in [3.05, 3.63) is 102 Å². The average molecular weight is 597 g/mol. The molecule has 230 valence electrons. The highest BCUT2D eigenvalue weighted by molar-refractivity contribution is 5.94. The molecule has 0 unspecified atom stereocenters. The lowest BCUT2D eigenvalue weighted by atomic mass is 10.0. The van der Waals surface area contributed by atoms with Crippen LogP contribution in [0.25, 0.3) is 10.9 Å². The molecule has 3 amide bonds. The van der Waals surface area contributed by atoms with E-state index in [-0.39, 0.29) is 30.5 Å². The van der Waals surface area contributed by atoms with E-state index in [1.165, 1.54) is 0 Å². The largest absolute Gasteiger partial charge is 0.508 e. The van der Waals surface area contributed by atoms with E-state index in [9.17, 15) is 19.5 Å². The van der Waals surface area contributed by atoms with Crippen molar-refractivity contribution < 1.29 is 19.5 Å². The van der Waals surface area contributed by atoms with Crippen molar-refractivity contribution in [2.45, 2.75) is 56.3 Å². The molecule has 2 heterocycles. The first-order valence-electron chi connectivity index (χ1n) is 15.0. The lowest BCUT2D eigenvalue weighted by molar-refractivity contribution is -0.132. The molecule has 44 heavy (non-hydrogen) atoms. The van der Waals surface area contributed by atoms with Crippen LogP contribution >= 0.6 is 0 Å². The van der Waals surface area contributed by atoms with Crippen molar-refractivity contribution in [3.63, 3.8) is 0 Å². The second-order valence-electron chi connectivity index (χ2n) is 11.6. The number of benzene rings is 3. The third-order valence-corrected chi connectivity index (χ3v) is 8.24. The highest BCUT2D eigenvalue weighted by Crippen LogP contribution is 2.22. The molecule has 10 nitrogen and oxygen atoms in total. The molecule has 4 atom stereocenters. The number of phenols is 1. The summed E-state index contributed by atoms with van der Waals surface area (Å²) in [6, 6.07) is 21.5. The van der Waals surface area contributed by atoms with Gasteiger partial charge in [-0.05, 0) is 60.7 Å². The van der Waals surface area contributed by atoms with Crippen molar-refractivity contribution in [2.24, 2.45) is 11.5 Å². The fourth-order valence-electron chi connectivity index (χ4n) is 5.98. The molecule has 10 heteroatoms. The average Bonchev–Trinajstić information content (AvgIpc) is 3.65. The zero-order chi connectivity index (χ0) is 31.1. The fraction of sp³-hybridized carbons (Fsp3) is 0.324. The van der Waals surface area contributed by atoms with Crippen LogP contribution in [0.3, 0.4) is 0 Å². The number of fused-ring (bicyclic) bond motifs is 1. The minimum atomic E-state index is -0.938. The Labute approximate surface area is 256 Å². The molecular formula is C34H40N6O4. The molecule has 0 radical (unpaired) electrons. The molecule has 8 N–H and O–H groups in total. The maximum atomic E-state index is 13.8. The van der Waals surface area contributed by atoms with Crippen LogP contribution in [0.4, 0.5) is 0 Å². The van der Waals surface area contributed by atoms with Crippen LogP contribution in [0.2, 0.25) is 0 Å². The number of aromatic nitrogens is 1.